The van der Waals surface area contributed by atoms with Gasteiger partial charge in [-0.15, -0.1) is 0 Å². The lowest BCUT2D eigenvalue weighted by Gasteiger charge is -2.40. The Hall–Kier alpha value is -0.540. The highest BCUT2D eigenvalue weighted by Crippen LogP contribution is 2.40. The van der Waals surface area contributed by atoms with Gasteiger partial charge >= 0.3 is 0 Å². The second-order valence-electron chi connectivity index (χ2n) is 6.74. The van der Waals surface area contributed by atoms with E-state index in [0.717, 1.165) is 24.8 Å². The first kappa shape index (κ1) is 15.4. The Morgan fingerprint density at radius 2 is 2.10 bits per heavy atom. The Labute approximate surface area is 137 Å². The van der Waals surface area contributed by atoms with Crippen LogP contribution in [0.2, 0.25) is 0 Å². The number of benzene rings is 1. The van der Waals surface area contributed by atoms with E-state index in [1.807, 2.05) is 0 Å². The van der Waals surface area contributed by atoms with Crippen molar-refractivity contribution in [3.05, 3.63) is 28.2 Å². The van der Waals surface area contributed by atoms with E-state index >= 15 is 0 Å². The van der Waals surface area contributed by atoms with Crippen molar-refractivity contribution in [2.45, 2.75) is 64.0 Å². The van der Waals surface area contributed by atoms with Crippen LogP contribution >= 0.6 is 15.9 Å². The molecule has 1 aromatic carbocycles. The number of hydrogen-bond donors (Lipinski definition) is 1. The molecule has 2 N–H and O–H groups in total. The summed E-state index contributed by atoms with van der Waals surface area (Å²) in [7, 11) is 0. The van der Waals surface area contributed by atoms with E-state index in [1.165, 1.54) is 54.4 Å². The normalized spacial score (nSPS) is 26.7. The van der Waals surface area contributed by atoms with Crippen LogP contribution in [0.25, 0.3) is 0 Å². The fourth-order valence-electron chi connectivity index (χ4n) is 4.18. The molecule has 1 aliphatic carbocycles. The van der Waals surface area contributed by atoms with Gasteiger partial charge in [0.15, 0.2) is 0 Å². The number of fused-ring (bicyclic) bond motifs is 1. The second kappa shape index (κ2) is 6.70. The molecular formula is C18H27BrN2. The molecule has 1 saturated heterocycles. The highest BCUT2D eigenvalue weighted by molar-refractivity contribution is 9.10. The molecule has 1 saturated carbocycles. The van der Waals surface area contributed by atoms with E-state index in [1.54, 1.807) is 0 Å². The average molecular weight is 351 g/mol. The molecule has 2 aliphatic rings. The van der Waals surface area contributed by atoms with Gasteiger partial charge in [0.2, 0.25) is 0 Å². The Morgan fingerprint density at radius 1 is 1.29 bits per heavy atom. The van der Waals surface area contributed by atoms with E-state index in [9.17, 15) is 0 Å². The molecule has 0 bridgehead atoms. The first-order valence-electron chi connectivity index (χ1n) is 8.49. The molecule has 0 amide bonds. The molecule has 1 aromatic rings. The first-order valence-corrected chi connectivity index (χ1v) is 9.29. The van der Waals surface area contributed by atoms with Gasteiger partial charge in [-0.3, -0.25) is 0 Å². The Bertz CT molecular complexity index is 488. The van der Waals surface area contributed by atoms with Gasteiger partial charge in [0.1, 0.15) is 0 Å². The minimum absolute atomic E-state index is 0.266. The predicted molar refractivity (Wildman–Crippen MR) is 93.8 cm³/mol. The highest BCUT2D eigenvalue weighted by Gasteiger charge is 2.35. The average Bonchev–Trinajstić information content (AvgIpc) is 2.96. The third-order valence-corrected chi connectivity index (χ3v) is 5.84. The number of piperidine rings is 1. The third kappa shape index (κ3) is 3.29. The zero-order valence-electron chi connectivity index (χ0n) is 13.0. The summed E-state index contributed by atoms with van der Waals surface area (Å²) < 4.78 is 1.17. The molecule has 3 rings (SSSR count). The minimum Gasteiger partial charge on any atom is -0.368 e. The molecule has 3 heteroatoms. The summed E-state index contributed by atoms with van der Waals surface area (Å²) in [6.07, 6.45) is 9.02. The first-order chi connectivity index (χ1) is 10.2. The standard InChI is InChI=1S/C18H27BrN2/c1-2-16(20)12-14-11-15(19)8-9-18(14)21-10-4-6-13-5-3-7-17(13)21/h8-9,11,13,16-17H,2-7,10,12,20H2,1H3. The quantitative estimate of drug-likeness (QED) is 0.866. The van der Waals surface area contributed by atoms with Crippen molar-refractivity contribution in [3.8, 4) is 0 Å². The summed E-state index contributed by atoms with van der Waals surface area (Å²) in [6.45, 7) is 3.40. The lowest BCUT2D eigenvalue weighted by molar-refractivity contribution is 0.362. The monoisotopic (exact) mass is 350 g/mol. The van der Waals surface area contributed by atoms with Gasteiger partial charge < -0.3 is 10.6 Å². The van der Waals surface area contributed by atoms with Crippen LogP contribution in [0, 0.1) is 5.92 Å². The summed E-state index contributed by atoms with van der Waals surface area (Å²) in [5, 5.41) is 0. The van der Waals surface area contributed by atoms with E-state index < -0.39 is 0 Å². The van der Waals surface area contributed by atoms with E-state index in [-0.39, 0.29) is 6.04 Å². The maximum Gasteiger partial charge on any atom is 0.0402 e. The van der Waals surface area contributed by atoms with Crippen molar-refractivity contribution in [2.75, 3.05) is 11.4 Å². The van der Waals surface area contributed by atoms with Crippen LogP contribution in [-0.2, 0) is 6.42 Å². The molecule has 21 heavy (non-hydrogen) atoms. The minimum atomic E-state index is 0.266. The summed E-state index contributed by atoms with van der Waals surface area (Å²) in [5.74, 6) is 0.926. The van der Waals surface area contributed by atoms with Gasteiger partial charge in [-0.2, -0.15) is 0 Å². The molecular weight excluding hydrogens is 324 g/mol. The number of rotatable bonds is 4. The fraction of sp³-hybridized carbons (Fsp3) is 0.667. The van der Waals surface area contributed by atoms with Crippen molar-refractivity contribution in [2.24, 2.45) is 11.7 Å². The number of anilines is 1. The third-order valence-electron chi connectivity index (χ3n) is 5.35. The Kier molecular flexibility index (Phi) is 4.90. The summed E-state index contributed by atoms with van der Waals surface area (Å²) >= 11 is 3.63. The number of hydrogen-bond acceptors (Lipinski definition) is 2. The number of nitrogens with two attached hydrogens (primary N) is 1. The van der Waals surface area contributed by atoms with Gasteiger partial charge in [0, 0.05) is 28.8 Å². The molecule has 1 aliphatic heterocycles. The van der Waals surface area contributed by atoms with Crippen LogP contribution in [0.4, 0.5) is 5.69 Å². The molecule has 2 fully saturated rings. The zero-order chi connectivity index (χ0) is 14.8. The maximum absolute atomic E-state index is 6.23. The Morgan fingerprint density at radius 3 is 2.90 bits per heavy atom. The smallest absolute Gasteiger partial charge is 0.0402 e. The maximum atomic E-state index is 6.23. The van der Waals surface area contributed by atoms with Crippen LogP contribution in [0.1, 0.15) is 51.0 Å². The van der Waals surface area contributed by atoms with E-state index in [2.05, 4.69) is 46.0 Å². The van der Waals surface area contributed by atoms with Crippen LogP contribution < -0.4 is 10.6 Å². The Balaban J connectivity index is 1.89. The van der Waals surface area contributed by atoms with Crippen molar-refractivity contribution < 1.29 is 0 Å². The fourth-order valence-corrected chi connectivity index (χ4v) is 4.59. The van der Waals surface area contributed by atoms with E-state index in [4.69, 9.17) is 5.73 Å². The van der Waals surface area contributed by atoms with Crippen LogP contribution in [0.3, 0.4) is 0 Å². The van der Waals surface area contributed by atoms with Crippen molar-refractivity contribution in [1.29, 1.82) is 0 Å². The van der Waals surface area contributed by atoms with Crippen LogP contribution in [-0.4, -0.2) is 18.6 Å². The van der Waals surface area contributed by atoms with Gasteiger partial charge in [-0.1, -0.05) is 29.3 Å². The molecule has 0 spiro atoms. The lowest BCUT2D eigenvalue weighted by atomic mass is 9.90. The topological polar surface area (TPSA) is 29.3 Å². The van der Waals surface area contributed by atoms with Crippen molar-refractivity contribution in [1.82, 2.24) is 0 Å². The molecule has 0 aromatic heterocycles. The molecule has 0 radical (unpaired) electrons. The second-order valence-corrected chi connectivity index (χ2v) is 7.66. The van der Waals surface area contributed by atoms with Gasteiger partial charge in [0.05, 0.1) is 0 Å². The molecule has 3 unspecified atom stereocenters. The van der Waals surface area contributed by atoms with Crippen LogP contribution in [0.5, 0.6) is 0 Å². The van der Waals surface area contributed by atoms with Crippen molar-refractivity contribution in [3.63, 3.8) is 0 Å². The number of halogens is 1. The van der Waals surface area contributed by atoms with Gasteiger partial charge in [-0.05, 0) is 68.2 Å². The SMILES string of the molecule is CCC(N)Cc1cc(Br)ccc1N1CCCC2CCCC21. The highest BCUT2D eigenvalue weighted by atomic mass is 79.9. The molecule has 3 atom stereocenters. The molecule has 1 heterocycles. The summed E-state index contributed by atoms with van der Waals surface area (Å²) in [4.78, 5) is 2.70. The molecule has 116 valence electrons. The van der Waals surface area contributed by atoms with Gasteiger partial charge in [-0.25, -0.2) is 0 Å². The van der Waals surface area contributed by atoms with Crippen LogP contribution in [0.15, 0.2) is 22.7 Å². The van der Waals surface area contributed by atoms with E-state index in [0.29, 0.717) is 0 Å². The lowest BCUT2D eigenvalue weighted by Crippen LogP contribution is -2.43. The van der Waals surface area contributed by atoms with Gasteiger partial charge in [0.25, 0.3) is 0 Å². The largest absolute Gasteiger partial charge is 0.368 e. The van der Waals surface area contributed by atoms with Crippen molar-refractivity contribution >= 4 is 21.6 Å². The summed E-state index contributed by atoms with van der Waals surface area (Å²) in [6, 6.07) is 7.82. The number of nitrogens with zero attached hydrogens (tertiary/aromatic N) is 1. The summed E-state index contributed by atoms with van der Waals surface area (Å²) in [5.41, 5.74) is 9.09. The predicted octanol–water partition coefficient (Wildman–Crippen LogP) is 4.50. The molecule has 2 nitrogen and oxygen atoms in total. The zero-order valence-corrected chi connectivity index (χ0v) is 14.6.